The first-order chi connectivity index (χ1) is 21.5. The number of nitrogens with two attached hydrogens (primary N) is 1. The second-order valence-electron chi connectivity index (χ2n) is 15.5. The Morgan fingerprint density at radius 1 is 1.04 bits per heavy atom. The third-order valence-electron chi connectivity index (χ3n) is 9.16. The maximum Gasteiger partial charge on any atom is 0.305 e. The minimum atomic E-state index is -0.967. The molecule has 1 aromatic rings. The summed E-state index contributed by atoms with van der Waals surface area (Å²) in [6, 6.07) is 7.81. The van der Waals surface area contributed by atoms with E-state index in [0.29, 0.717) is 24.0 Å². The summed E-state index contributed by atoms with van der Waals surface area (Å²) in [5, 5.41) is 30.4. The predicted octanol–water partition coefficient (Wildman–Crippen LogP) is 2.52. The summed E-state index contributed by atoms with van der Waals surface area (Å²) in [7, 11) is 1.72. The summed E-state index contributed by atoms with van der Waals surface area (Å²) < 4.78 is 0. The number of hydrogen-bond donors (Lipinski definition) is 6. The van der Waals surface area contributed by atoms with Gasteiger partial charge in [0.05, 0.1) is 25.2 Å². The smallest absolute Gasteiger partial charge is 0.305 e. The van der Waals surface area contributed by atoms with Crippen molar-refractivity contribution in [3.05, 3.63) is 47.7 Å². The van der Waals surface area contributed by atoms with E-state index in [1.165, 1.54) is 18.9 Å². The van der Waals surface area contributed by atoms with Gasteiger partial charge >= 0.3 is 5.91 Å². The molecule has 1 aliphatic carbocycles. The van der Waals surface area contributed by atoms with Crippen molar-refractivity contribution in [3.63, 3.8) is 0 Å². The highest BCUT2D eigenvalue weighted by atomic mass is 16.3. The summed E-state index contributed by atoms with van der Waals surface area (Å²) in [5.74, 6) is 0.150. The largest absolute Gasteiger partial charge is 0.390 e. The molecule has 0 aromatic heterocycles. The van der Waals surface area contributed by atoms with E-state index < -0.39 is 35.4 Å². The highest BCUT2D eigenvalue weighted by Gasteiger charge is 2.42. The van der Waals surface area contributed by atoms with Gasteiger partial charge in [0.2, 0.25) is 11.8 Å². The number of likely N-dealkylation sites (tertiary alicyclic amines) is 1. The van der Waals surface area contributed by atoms with Gasteiger partial charge < -0.3 is 31.8 Å². The average Bonchev–Trinajstić information content (AvgIpc) is 2.96. The van der Waals surface area contributed by atoms with Crippen molar-refractivity contribution in [3.8, 4) is 0 Å². The fourth-order valence-electron chi connectivity index (χ4n) is 6.81. The molecule has 1 saturated carbocycles. The Bertz CT molecular complexity index is 1240. The number of nitrogens with one attached hydrogen (secondary N) is 4. The summed E-state index contributed by atoms with van der Waals surface area (Å²) in [6.07, 6.45) is 6.31. The number of carbonyl (C=O) groups excluding carboxylic acids is 3. The zero-order valence-corrected chi connectivity index (χ0v) is 29.3. The van der Waals surface area contributed by atoms with Crippen molar-refractivity contribution >= 4 is 23.4 Å². The molecule has 256 valence electrons. The molecule has 1 heterocycles. The third-order valence-corrected chi connectivity index (χ3v) is 9.16. The van der Waals surface area contributed by atoms with Crippen LogP contribution < -0.4 is 21.3 Å². The molecule has 2 aliphatic rings. The lowest BCUT2D eigenvalue weighted by Crippen LogP contribution is -2.80. The minimum absolute atomic E-state index is 0.0142. The van der Waals surface area contributed by atoms with Gasteiger partial charge in [-0.2, -0.15) is 0 Å². The van der Waals surface area contributed by atoms with Gasteiger partial charge in [-0.25, -0.2) is 0 Å². The first kappa shape index (κ1) is 37.4. The summed E-state index contributed by atoms with van der Waals surface area (Å²) >= 11 is 0. The molecule has 1 unspecified atom stereocenters. The normalized spacial score (nSPS) is 23.0. The van der Waals surface area contributed by atoms with Crippen LogP contribution in [0.4, 0.5) is 0 Å². The lowest BCUT2D eigenvalue weighted by Gasteiger charge is -2.47. The van der Waals surface area contributed by atoms with Gasteiger partial charge in [-0.3, -0.25) is 19.3 Å². The molecule has 7 N–H and O–H groups in total. The minimum Gasteiger partial charge on any atom is -0.390 e. The molecule has 1 saturated heterocycles. The molecule has 46 heavy (non-hydrogen) atoms. The molecule has 0 bridgehead atoms. The van der Waals surface area contributed by atoms with Gasteiger partial charge in [0.1, 0.15) is 6.04 Å². The number of quaternary nitrogens is 1. The summed E-state index contributed by atoms with van der Waals surface area (Å²) in [4.78, 5) is 42.9. The van der Waals surface area contributed by atoms with Crippen LogP contribution in [0.2, 0.25) is 0 Å². The SMILES string of the molecule is C[NH2+]/C(=C\C(C)=N)C(=O)N[C@H](C(=O)N[C@@H](Cc1ccccc1)[C@H](O)CN1CC2CCCC[C@H]2C[C@H]1C(=O)NC(C)(C)C)C(C)(C)C. The Morgan fingerprint density at radius 3 is 2.24 bits per heavy atom. The monoisotopic (exact) mass is 639 g/mol. The van der Waals surface area contributed by atoms with Gasteiger partial charge in [0, 0.05) is 30.4 Å². The van der Waals surface area contributed by atoms with Crippen molar-refractivity contribution in [2.75, 3.05) is 20.1 Å². The van der Waals surface area contributed by atoms with Crippen molar-refractivity contribution in [2.45, 2.75) is 117 Å². The number of fused-ring (bicyclic) bond motifs is 1. The van der Waals surface area contributed by atoms with Crippen LogP contribution in [-0.4, -0.2) is 83.3 Å². The number of hydrogen-bond acceptors (Lipinski definition) is 6. The Balaban J connectivity index is 1.88. The highest BCUT2D eigenvalue weighted by Crippen LogP contribution is 2.39. The molecule has 0 radical (unpaired) electrons. The number of aliphatic hydroxyl groups excluding tert-OH is 1. The van der Waals surface area contributed by atoms with Crippen molar-refractivity contribution < 1.29 is 24.8 Å². The zero-order chi connectivity index (χ0) is 34.2. The maximum atomic E-state index is 14.0. The lowest BCUT2D eigenvalue weighted by atomic mass is 9.72. The van der Waals surface area contributed by atoms with Crippen LogP contribution in [-0.2, 0) is 20.8 Å². The predicted molar refractivity (Wildman–Crippen MR) is 182 cm³/mol. The number of likely N-dealkylation sites (N-methyl/N-ethyl adjacent to an activating group) is 1. The van der Waals surface area contributed by atoms with Crippen LogP contribution in [0.5, 0.6) is 0 Å². The van der Waals surface area contributed by atoms with Gasteiger partial charge in [0.25, 0.3) is 0 Å². The zero-order valence-electron chi connectivity index (χ0n) is 29.3. The molecule has 3 rings (SSSR count). The Morgan fingerprint density at radius 2 is 1.67 bits per heavy atom. The Hall–Kier alpha value is -3.08. The first-order valence-electron chi connectivity index (χ1n) is 16.9. The van der Waals surface area contributed by atoms with Crippen LogP contribution >= 0.6 is 0 Å². The summed E-state index contributed by atoms with van der Waals surface area (Å²) in [5.41, 5.74) is 0.491. The second kappa shape index (κ2) is 16.2. The number of amides is 3. The van der Waals surface area contributed by atoms with Crippen LogP contribution in [0.1, 0.15) is 86.1 Å². The number of nitrogens with zero attached hydrogens (tertiary/aromatic N) is 1. The molecule has 10 heteroatoms. The number of allylic oxidation sites excluding steroid dienone is 1. The van der Waals surface area contributed by atoms with E-state index in [0.717, 1.165) is 31.4 Å². The molecule has 10 nitrogen and oxygen atoms in total. The quantitative estimate of drug-likeness (QED) is 0.153. The summed E-state index contributed by atoms with van der Waals surface area (Å²) in [6.45, 7) is 14.2. The Kier molecular flexibility index (Phi) is 13.1. The number of rotatable bonds is 12. The first-order valence-corrected chi connectivity index (χ1v) is 16.9. The fourth-order valence-corrected chi connectivity index (χ4v) is 6.81. The fraction of sp³-hybridized carbons (Fsp3) is 0.667. The molecule has 1 aromatic carbocycles. The van der Waals surface area contributed by atoms with E-state index in [9.17, 15) is 19.5 Å². The molecule has 6 atom stereocenters. The van der Waals surface area contributed by atoms with Crippen molar-refractivity contribution in [2.24, 2.45) is 17.3 Å². The van der Waals surface area contributed by atoms with E-state index in [-0.39, 0.29) is 29.7 Å². The number of β-amino-alcohol motifs (C(OH)–C–C–N with tert-alkyl or cyclic N) is 1. The maximum absolute atomic E-state index is 14.0. The molecular weight excluding hydrogens is 580 g/mol. The topological polar surface area (TPSA) is 151 Å². The molecule has 3 amide bonds. The molecule has 0 spiro atoms. The van der Waals surface area contributed by atoms with E-state index in [1.807, 2.05) is 71.9 Å². The van der Waals surface area contributed by atoms with E-state index in [4.69, 9.17) is 5.41 Å². The van der Waals surface area contributed by atoms with Gasteiger partial charge in [-0.05, 0) is 69.8 Å². The van der Waals surface area contributed by atoms with Crippen molar-refractivity contribution in [1.29, 1.82) is 5.41 Å². The van der Waals surface area contributed by atoms with E-state index in [1.54, 1.807) is 19.3 Å². The van der Waals surface area contributed by atoms with Crippen LogP contribution in [0.25, 0.3) is 0 Å². The van der Waals surface area contributed by atoms with Crippen LogP contribution in [0, 0.1) is 22.7 Å². The molecule has 2 fully saturated rings. The molecule has 1 aliphatic heterocycles. The van der Waals surface area contributed by atoms with Crippen LogP contribution in [0.15, 0.2) is 42.1 Å². The van der Waals surface area contributed by atoms with E-state index >= 15 is 0 Å². The average molecular weight is 640 g/mol. The van der Waals surface area contributed by atoms with Gasteiger partial charge in [-0.15, -0.1) is 0 Å². The van der Waals surface area contributed by atoms with Gasteiger partial charge in [-0.1, -0.05) is 70.4 Å². The number of piperidine rings is 1. The second-order valence-corrected chi connectivity index (χ2v) is 15.5. The standard InChI is InChI=1S/C36H58N6O4/c1-23(37)18-28(38-8)32(44)40-31(35(2,3)4)34(46)39-27(19-24-14-10-9-11-15-24)30(43)22-42-21-26-17-13-12-16-25(26)20-29(42)33(45)41-36(5,6)7/h9-11,14-15,18,25-27,29-31,37-38,43H,12-13,16-17,19-22H2,1-8H3,(H,39,46)(H,40,44)(H,41,45)/p+1/b28-18-,37-23?/t25-,26?,27-,29-,30+,31+/m0/s1. The number of benzene rings is 1. The van der Waals surface area contributed by atoms with E-state index in [2.05, 4.69) is 20.9 Å². The third kappa shape index (κ3) is 11.0. The Labute approximate surface area is 276 Å². The number of carbonyl (C=O) groups is 3. The van der Waals surface area contributed by atoms with Crippen LogP contribution in [0.3, 0.4) is 0 Å². The highest BCUT2D eigenvalue weighted by molar-refractivity contribution is 6.01. The van der Waals surface area contributed by atoms with Gasteiger partial charge in [0.15, 0.2) is 5.70 Å². The lowest BCUT2D eigenvalue weighted by molar-refractivity contribution is -0.570. The van der Waals surface area contributed by atoms with Crippen molar-refractivity contribution in [1.82, 2.24) is 20.9 Å². The molecular formula is C36H59N6O4+. The number of aliphatic hydroxyl groups is 1.